The van der Waals surface area contributed by atoms with E-state index in [0.29, 0.717) is 25.7 Å². The van der Waals surface area contributed by atoms with Crippen molar-refractivity contribution >= 4 is 22.0 Å². The summed E-state index contributed by atoms with van der Waals surface area (Å²) in [4.78, 5) is 22.7. The van der Waals surface area contributed by atoms with Crippen molar-refractivity contribution in [3.63, 3.8) is 0 Å². The van der Waals surface area contributed by atoms with Gasteiger partial charge in [-0.1, -0.05) is 0 Å². The molecule has 2 rings (SSSR count). The molecule has 0 bridgehead atoms. The van der Waals surface area contributed by atoms with E-state index >= 15 is 0 Å². The summed E-state index contributed by atoms with van der Waals surface area (Å²) in [6, 6.07) is -0.367. The number of hydrogen-bond acceptors (Lipinski definition) is 6. The lowest BCUT2D eigenvalue weighted by Gasteiger charge is -2.26. The second-order valence-corrected chi connectivity index (χ2v) is 6.99. The van der Waals surface area contributed by atoms with Crippen molar-refractivity contribution in [1.29, 1.82) is 0 Å². The van der Waals surface area contributed by atoms with Crippen LogP contribution in [0.1, 0.15) is 43.0 Å². The minimum Gasteiger partial charge on any atom is -0.481 e. The number of carboxylic acid groups (broad SMARTS) is 1. The topological polar surface area (TPSA) is 138 Å². The molecule has 0 unspecified atom stereocenters. The number of aromatic nitrogens is 2. The van der Waals surface area contributed by atoms with E-state index in [0.717, 1.165) is 6.20 Å². The summed E-state index contributed by atoms with van der Waals surface area (Å²) in [7, 11) is -3.96. The average molecular weight is 345 g/mol. The number of carbonyl (C=O) groups is 2. The fraction of sp³-hybridized carbons (Fsp3) is 0.615. The fourth-order valence-corrected chi connectivity index (χ4v) is 3.96. The molecule has 3 N–H and O–H groups in total. The third-order valence-corrected chi connectivity index (χ3v) is 5.26. The molecule has 0 atom stereocenters. The molecule has 9 nitrogen and oxygen atoms in total. The number of hydrogen-bond donors (Lipinski definition) is 3. The van der Waals surface area contributed by atoms with Gasteiger partial charge in [0.1, 0.15) is 5.56 Å². The maximum absolute atomic E-state index is 12.4. The summed E-state index contributed by atoms with van der Waals surface area (Å²) in [5, 5.41) is 14.5. The van der Waals surface area contributed by atoms with Crippen LogP contribution in [0.5, 0.6) is 0 Å². The Bertz CT molecular complexity index is 676. The molecule has 0 saturated heterocycles. The van der Waals surface area contributed by atoms with Crippen molar-refractivity contribution in [1.82, 2.24) is 14.9 Å². The van der Waals surface area contributed by atoms with Crippen LogP contribution >= 0.6 is 0 Å². The quantitative estimate of drug-likeness (QED) is 0.638. The Hall–Kier alpha value is -1.94. The van der Waals surface area contributed by atoms with Gasteiger partial charge in [-0.2, -0.15) is 5.10 Å². The van der Waals surface area contributed by atoms with E-state index in [9.17, 15) is 18.0 Å². The molecule has 1 fully saturated rings. The van der Waals surface area contributed by atoms with Crippen molar-refractivity contribution in [3.05, 3.63) is 11.8 Å². The zero-order valence-electron chi connectivity index (χ0n) is 12.6. The number of ether oxygens (including phenoxy) is 1. The molecule has 0 aliphatic heterocycles. The van der Waals surface area contributed by atoms with Gasteiger partial charge in [-0.3, -0.25) is 9.89 Å². The summed E-state index contributed by atoms with van der Waals surface area (Å²) in [6.07, 6.45) is 2.79. The van der Waals surface area contributed by atoms with E-state index in [1.807, 2.05) is 0 Å². The van der Waals surface area contributed by atoms with E-state index in [-0.39, 0.29) is 23.2 Å². The van der Waals surface area contributed by atoms with Crippen LogP contribution < -0.4 is 4.72 Å². The van der Waals surface area contributed by atoms with E-state index in [1.165, 1.54) is 0 Å². The molecular formula is C13H19N3O6S. The van der Waals surface area contributed by atoms with Crippen LogP contribution in [-0.2, 0) is 19.6 Å². The normalized spacial score (nSPS) is 21.8. The van der Waals surface area contributed by atoms with E-state index < -0.39 is 27.9 Å². The number of rotatable bonds is 6. The first kappa shape index (κ1) is 17.4. The van der Waals surface area contributed by atoms with Crippen molar-refractivity contribution in [2.75, 3.05) is 6.61 Å². The van der Waals surface area contributed by atoms with E-state index in [1.54, 1.807) is 6.92 Å². The first-order valence-electron chi connectivity index (χ1n) is 7.30. The lowest BCUT2D eigenvalue weighted by molar-refractivity contribution is -0.142. The number of esters is 1. The summed E-state index contributed by atoms with van der Waals surface area (Å²) in [5.41, 5.74) is -0.154. The maximum atomic E-state index is 12.4. The van der Waals surface area contributed by atoms with Crippen LogP contribution in [0.4, 0.5) is 0 Å². The predicted molar refractivity (Wildman–Crippen MR) is 78.2 cm³/mol. The zero-order chi connectivity index (χ0) is 17.0. The van der Waals surface area contributed by atoms with Crippen LogP contribution in [-0.4, -0.2) is 48.3 Å². The molecule has 0 amide bonds. The van der Waals surface area contributed by atoms with Crippen molar-refractivity contribution in [2.45, 2.75) is 43.7 Å². The van der Waals surface area contributed by atoms with Gasteiger partial charge in [-0.15, -0.1) is 0 Å². The Kier molecular flexibility index (Phi) is 5.37. The molecule has 23 heavy (non-hydrogen) atoms. The van der Waals surface area contributed by atoms with Crippen molar-refractivity contribution in [2.24, 2.45) is 5.92 Å². The maximum Gasteiger partial charge on any atom is 0.342 e. The van der Waals surface area contributed by atoms with Crippen LogP contribution in [0.25, 0.3) is 0 Å². The first-order chi connectivity index (χ1) is 10.8. The number of H-pyrrole nitrogens is 1. The monoisotopic (exact) mass is 345 g/mol. The molecule has 1 aromatic rings. The van der Waals surface area contributed by atoms with Gasteiger partial charge in [-0.05, 0) is 32.6 Å². The minimum absolute atomic E-state index is 0.121. The van der Waals surface area contributed by atoms with Crippen molar-refractivity contribution in [3.8, 4) is 0 Å². The second kappa shape index (κ2) is 7.09. The molecule has 1 aliphatic carbocycles. The molecule has 1 saturated carbocycles. The highest BCUT2D eigenvalue weighted by molar-refractivity contribution is 7.89. The Morgan fingerprint density at radius 1 is 1.39 bits per heavy atom. The van der Waals surface area contributed by atoms with Crippen LogP contribution in [0, 0.1) is 5.92 Å². The highest BCUT2D eigenvalue weighted by Gasteiger charge is 2.31. The third-order valence-electron chi connectivity index (χ3n) is 3.77. The number of carbonyl (C=O) groups excluding carboxylic acids is 1. The lowest BCUT2D eigenvalue weighted by Crippen LogP contribution is -2.39. The Labute approximate surface area is 133 Å². The summed E-state index contributed by atoms with van der Waals surface area (Å²) in [6.45, 7) is 1.74. The second-order valence-electron chi connectivity index (χ2n) is 5.34. The van der Waals surface area contributed by atoms with Gasteiger partial charge in [0.25, 0.3) is 10.0 Å². The summed E-state index contributed by atoms with van der Waals surface area (Å²) in [5.74, 6) is -2.06. The largest absolute Gasteiger partial charge is 0.481 e. The third kappa shape index (κ3) is 4.08. The number of aromatic amines is 1. The molecule has 1 aromatic heterocycles. The van der Waals surface area contributed by atoms with Gasteiger partial charge in [-0.25, -0.2) is 17.9 Å². The molecule has 0 radical (unpaired) electrons. The predicted octanol–water partition coefficient (Wildman–Crippen LogP) is 0.508. The Morgan fingerprint density at radius 3 is 2.61 bits per heavy atom. The minimum atomic E-state index is -3.96. The number of sulfonamides is 1. The molecule has 0 aromatic carbocycles. The number of nitrogens with one attached hydrogen (secondary N) is 2. The fourth-order valence-electron chi connectivity index (χ4n) is 2.57. The zero-order valence-corrected chi connectivity index (χ0v) is 13.4. The smallest absolute Gasteiger partial charge is 0.342 e. The van der Waals surface area contributed by atoms with Gasteiger partial charge >= 0.3 is 11.9 Å². The summed E-state index contributed by atoms with van der Waals surface area (Å²) < 4.78 is 32.1. The Balaban J connectivity index is 2.07. The van der Waals surface area contributed by atoms with E-state index in [4.69, 9.17) is 9.84 Å². The SMILES string of the molecule is CCOC(=O)c1cn[nH]c1S(=O)(=O)NC1CCC(C(=O)O)CC1. The van der Waals surface area contributed by atoms with Crippen LogP contribution in [0.3, 0.4) is 0 Å². The lowest BCUT2D eigenvalue weighted by atomic mass is 9.87. The van der Waals surface area contributed by atoms with Gasteiger partial charge in [0.15, 0.2) is 5.03 Å². The van der Waals surface area contributed by atoms with Gasteiger partial charge in [0.2, 0.25) is 0 Å². The number of nitrogens with zero attached hydrogens (tertiary/aromatic N) is 1. The standard InChI is InChI=1S/C13H19N3O6S/c1-2-22-13(19)10-7-14-15-11(10)23(20,21)16-9-5-3-8(4-6-9)12(17)18/h7-9,16H,2-6H2,1H3,(H,14,15)(H,17,18). The molecule has 1 aliphatic rings. The summed E-state index contributed by atoms with van der Waals surface area (Å²) >= 11 is 0. The highest BCUT2D eigenvalue weighted by atomic mass is 32.2. The average Bonchev–Trinajstić information content (AvgIpc) is 2.98. The first-order valence-corrected chi connectivity index (χ1v) is 8.79. The van der Waals surface area contributed by atoms with Crippen LogP contribution in [0.15, 0.2) is 11.2 Å². The van der Waals surface area contributed by atoms with Gasteiger partial charge < -0.3 is 9.84 Å². The number of aliphatic carboxylic acids is 1. The molecule has 1 heterocycles. The number of carboxylic acids is 1. The molecule has 128 valence electrons. The molecule has 0 spiro atoms. The Morgan fingerprint density at radius 2 is 2.04 bits per heavy atom. The molecular weight excluding hydrogens is 326 g/mol. The highest BCUT2D eigenvalue weighted by Crippen LogP contribution is 2.25. The molecule has 10 heteroatoms. The van der Waals surface area contributed by atoms with E-state index in [2.05, 4.69) is 14.9 Å². The van der Waals surface area contributed by atoms with Gasteiger partial charge in [0.05, 0.1) is 18.7 Å². The van der Waals surface area contributed by atoms with Crippen molar-refractivity contribution < 1.29 is 27.9 Å². The van der Waals surface area contributed by atoms with Crippen LogP contribution in [0.2, 0.25) is 0 Å². The van der Waals surface area contributed by atoms with Gasteiger partial charge in [0, 0.05) is 6.04 Å².